The maximum Gasteiger partial charge on any atom is 0.256 e. The van der Waals surface area contributed by atoms with E-state index >= 15 is 0 Å². The van der Waals surface area contributed by atoms with E-state index in [1.54, 1.807) is 18.3 Å². The molecule has 2 unspecified atom stereocenters. The second kappa shape index (κ2) is 10.8. The summed E-state index contributed by atoms with van der Waals surface area (Å²) in [7, 11) is 0. The highest BCUT2D eigenvalue weighted by Crippen LogP contribution is 2.27. The van der Waals surface area contributed by atoms with Crippen molar-refractivity contribution in [2.45, 2.75) is 49.7 Å². The Labute approximate surface area is 194 Å². The molecular weight excluding hydrogens is 425 g/mol. The molecule has 7 heteroatoms. The van der Waals surface area contributed by atoms with Crippen molar-refractivity contribution in [1.82, 2.24) is 14.8 Å². The number of carbonyl (C=O) groups is 1. The molecule has 0 N–H and O–H groups in total. The Morgan fingerprint density at radius 3 is 2.50 bits per heavy atom. The maximum atomic E-state index is 13.3. The predicted octanol–water partition coefficient (Wildman–Crippen LogP) is 4.47. The Morgan fingerprint density at radius 2 is 1.81 bits per heavy atom. The van der Waals surface area contributed by atoms with Gasteiger partial charge >= 0.3 is 0 Å². The summed E-state index contributed by atoms with van der Waals surface area (Å²) in [6, 6.07) is 10.2. The second-order valence-electron chi connectivity index (χ2n) is 8.98. The first-order chi connectivity index (χ1) is 15.5. The number of hydrogen-bond acceptors (Lipinski definition) is 5. The summed E-state index contributed by atoms with van der Waals surface area (Å²) in [4.78, 5) is 22.2. The molecule has 0 spiro atoms. The summed E-state index contributed by atoms with van der Waals surface area (Å²) in [5, 5.41) is 0.736. The Balaban J connectivity index is 1.31. The van der Waals surface area contributed by atoms with E-state index in [4.69, 9.17) is 4.74 Å². The maximum absolute atomic E-state index is 13.3. The van der Waals surface area contributed by atoms with Gasteiger partial charge in [0.25, 0.3) is 5.91 Å². The van der Waals surface area contributed by atoms with E-state index in [1.807, 2.05) is 17.0 Å². The summed E-state index contributed by atoms with van der Waals surface area (Å²) in [6.45, 7) is 8.94. The molecule has 0 radical (unpaired) electrons. The standard InChI is InChI=1S/C25H32FN3O2S/c1-18-14-28(15-19(2)31-18)16-20-9-12-29(13-10-20)25(30)23-4-3-11-27-24(23)32-17-21-5-7-22(26)8-6-21/h3-8,11,18-20H,9-10,12-17H2,1-2H3. The molecule has 172 valence electrons. The molecule has 32 heavy (non-hydrogen) atoms. The molecule has 0 saturated carbocycles. The van der Waals surface area contributed by atoms with Gasteiger partial charge in [0.1, 0.15) is 10.8 Å². The molecule has 2 aliphatic rings. The van der Waals surface area contributed by atoms with Crippen LogP contribution in [0.4, 0.5) is 4.39 Å². The number of piperidine rings is 1. The summed E-state index contributed by atoms with van der Waals surface area (Å²) in [6.07, 6.45) is 4.36. The van der Waals surface area contributed by atoms with Crippen LogP contribution in [0.3, 0.4) is 0 Å². The van der Waals surface area contributed by atoms with E-state index in [1.165, 1.54) is 23.9 Å². The van der Waals surface area contributed by atoms with Gasteiger partial charge in [-0.15, -0.1) is 11.8 Å². The van der Waals surface area contributed by atoms with Crippen LogP contribution in [0.25, 0.3) is 0 Å². The number of likely N-dealkylation sites (tertiary alicyclic amines) is 1. The number of aromatic nitrogens is 1. The third-order valence-electron chi connectivity index (χ3n) is 6.20. The van der Waals surface area contributed by atoms with Gasteiger partial charge in [0.15, 0.2) is 0 Å². The molecule has 5 nitrogen and oxygen atoms in total. The van der Waals surface area contributed by atoms with Gasteiger partial charge in [-0.05, 0) is 62.4 Å². The van der Waals surface area contributed by atoms with Crippen molar-refractivity contribution < 1.29 is 13.9 Å². The Hall–Kier alpha value is -1.96. The number of benzene rings is 1. The van der Waals surface area contributed by atoms with Crippen molar-refractivity contribution in [3.05, 3.63) is 59.5 Å². The summed E-state index contributed by atoms with van der Waals surface area (Å²) >= 11 is 1.52. The Kier molecular flexibility index (Phi) is 7.81. The fraction of sp³-hybridized carbons (Fsp3) is 0.520. The molecule has 3 heterocycles. The van der Waals surface area contributed by atoms with E-state index in [2.05, 4.69) is 23.7 Å². The molecule has 1 aromatic heterocycles. The lowest BCUT2D eigenvalue weighted by Gasteiger charge is -2.39. The van der Waals surface area contributed by atoms with Crippen LogP contribution >= 0.6 is 11.8 Å². The third kappa shape index (κ3) is 6.09. The molecule has 2 saturated heterocycles. The van der Waals surface area contributed by atoms with Crippen LogP contribution < -0.4 is 0 Å². The Bertz CT molecular complexity index is 892. The number of rotatable bonds is 6. The molecule has 4 rings (SSSR count). The van der Waals surface area contributed by atoms with Crippen molar-refractivity contribution in [2.75, 3.05) is 32.7 Å². The zero-order valence-corrected chi connectivity index (χ0v) is 19.7. The van der Waals surface area contributed by atoms with Gasteiger partial charge in [-0.1, -0.05) is 12.1 Å². The van der Waals surface area contributed by atoms with Gasteiger partial charge in [-0.25, -0.2) is 9.37 Å². The minimum atomic E-state index is -0.242. The number of pyridine rings is 1. The van der Waals surface area contributed by atoms with Gasteiger partial charge in [0, 0.05) is 44.7 Å². The van der Waals surface area contributed by atoms with E-state index in [-0.39, 0.29) is 23.9 Å². The summed E-state index contributed by atoms with van der Waals surface area (Å²) in [5.74, 6) is 1.09. The first-order valence-electron chi connectivity index (χ1n) is 11.5. The van der Waals surface area contributed by atoms with Crippen molar-refractivity contribution in [3.8, 4) is 0 Å². The largest absolute Gasteiger partial charge is 0.373 e. The fourth-order valence-electron chi connectivity index (χ4n) is 4.69. The lowest BCUT2D eigenvalue weighted by molar-refractivity contribution is -0.0728. The van der Waals surface area contributed by atoms with Crippen LogP contribution in [-0.2, 0) is 10.5 Å². The third-order valence-corrected chi connectivity index (χ3v) is 7.28. The number of thioether (sulfide) groups is 1. The first kappa shape index (κ1) is 23.2. The molecular formula is C25H32FN3O2S. The van der Waals surface area contributed by atoms with Crippen molar-refractivity contribution >= 4 is 17.7 Å². The van der Waals surface area contributed by atoms with Crippen LogP contribution in [0.2, 0.25) is 0 Å². The normalized spacial score (nSPS) is 22.8. The minimum Gasteiger partial charge on any atom is -0.373 e. The summed E-state index contributed by atoms with van der Waals surface area (Å²) in [5.41, 5.74) is 1.67. The van der Waals surface area contributed by atoms with Gasteiger partial charge in [0.05, 0.1) is 17.8 Å². The number of amides is 1. The number of halogens is 1. The van der Waals surface area contributed by atoms with Crippen LogP contribution in [0.5, 0.6) is 0 Å². The summed E-state index contributed by atoms with van der Waals surface area (Å²) < 4.78 is 19.0. The molecule has 2 fully saturated rings. The second-order valence-corrected chi connectivity index (χ2v) is 9.95. The van der Waals surface area contributed by atoms with Crippen LogP contribution in [0.1, 0.15) is 42.6 Å². The molecule has 2 atom stereocenters. The fourth-order valence-corrected chi connectivity index (χ4v) is 5.63. The van der Waals surface area contributed by atoms with E-state index in [0.717, 1.165) is 56.2 Å². The quantitative estimate of drug-likeness (QED) is 0.599. The van der Waals surface area contributed by atoms with Crippen LogP contribution in [0.15, 0.2) is 47.6 Å². The average Bonchev–Trinajstić information content (AvgIpc) is 2.78. The van der Waals surface area contributed by atoms with Gasteiger partial charge in [-0.2, -0.15) is 0 Å². The van der Waals surface area contributed by atoms with Crippen molar-refractivity contribution in [2.24, 2.45) is 5.92 Å². The van der Waals surface area contributed by atoms with Gasteiger partial charge in [0.2, 0.25) is 0 Å². The number of carbonyl (C=O) groups excluding carboxylic acids is 1. The highest BCUT2D eigenvalue weighted by atomic mass is 32.2. The number of nitrogens with zero attached hydrogens (tertiary/aromatic N) is 3. The zero-order chi connectivity index (χ0) is 22.5. The molecule has 1 aromatic carbocycles. The predicted molar refractivity (Wildman–Crippen MR) is 125 cm³/mol. The first-order valence-corrected chi connectivity index (χ1v) is 12.5. The zero-order valence-electron chi connectivity index (χ0n) is 18.9. The molecule has 2 aliphatic heterocycles. The minimum absolute atomic E-state index is 0.0618. The van der Waals surface area contributed by atoms with Crippen LogP contribution in [-0.4, -0.2) is 65.6 Å². The molecule has 2 aromatic rings. The lowest BCUT2D eigenvalue weighted by atomic mass is 9.95. The lowest BCUT2D eigenvalue weighted by Crippen LogP contribution is -2.48. The van der Waals surface area contributed by atoms with E-state index in [9.17, 15) is 9.18 Å². The van der Waals surface area contributed by atoms with E-state index in [0.29, 0.717) is 17.2 Å². The van der Waals surface area contributed by atoms with E-state index < -0.39 is 0 Å². The SMILES string of the molecule is CC1CN(CC2CCN(C(=O)c3cccnc3SCc3ccc(F)cc3)CC2)CC(C)O1. The Morgan fingerprint density at radius 1 is 1.12 bits per heavy atom. The topological polar surface area (TPSA) is 45.7 Å². The van der Waals surface area contributed by atoms with Crippen molar-refractivity contribution in [1.29, 1.82) is 0 Å². The molecule has 0 aliphatic carbocycles. The van der Waals surface area contributed by atoms with Crippen molar-refractivity contribution in [3.63, 3.8) is 0 Å². The average molecular weight is 458 g/mol. The molecule has 0 bridgehead atoms. The molecule has 1 amide bonds. The number of hydrogen-bond donors (Lipinski definition) is 0. The highest BCUT2D eigenvalue weighted by Gasteiger charge is 2.29. The smallest absolute Gasteiger partial charge is 0.256 e. The highest BCUT2D eigenvalue weighted by molar-refractivity contribution is 7.98. The number of ether oxygens (including phenoxy) is 1. The van der Waals surface area contributed by atoms with Gasteiger partial charge < -0.3 is 9.64 Å². The number of morpholine rings is 1. The van der Waals surface area contributed by atoms with Gasteiger partial charge in [-0.3, -0.25) is 9.69 Å². The monoisotopic (exact) mass is 457 g/mol. The van der Waals surface area contributed by atoms with Crippen LogP contribution in [0, 0.1) is 11.7 Å².